The summed E-state index contributed by atoms with van der Waals surface area (Å²) in [6, 6.07) is 15.1. The van der Waals surface area contributed by atoms with Crippen molar-refractivity contribution in [1.82, 2.24) is 4.90 Å². The third-order valence-corrected chi connectivity index (χ3v) is 7.81. The molecule has 0 saturated carbocycles. The Balaban J connectivity index is 1.58. The van der Waals surface area contributed by atoms with E-state index in [1.165, 1.54) is 0 Å². The van der Waals surface area contributed by atoms with E-state index < -0.39 is 28.1 Å². The Labute approximate surface area is 177 Å². The van der Waals surface area contributed by atoms with E-state index >= 15 is 0 Å². The predicted molar refractivity (Wildman–Crippen MR) is 114 cm³/mol. The zero-order chi connectivity index (χ0) is 21.3. The van der Waals surface area contributed by atoms with Crippen LogP contribution in [0.3, 0.4) is 0 Å². The minimum Gasteiger partial charge on any atom is -0.496 e. The van der Waals surface area contributed by atoms with Crippen molar-refractivity contribution in [3.05, 3.63) is 65.2 Å². The summed E-state index contributed by atoms with van der Waals surface area (Å²) in [5, 5.41) is 0. The van der Waals surface area contributed by atoms with Crippen LogP contribution in [0, 0.1) is 5.92 Å². The molecule has 0 unspecified atom stereocenters. The van der Waals surface area contributed by atoms with Crippen LogP contribution in [0.5, 0.6) is 5.75 Å². The first kappa shape index (κ1) is 20.7. The Morgan fingerprint density at radius 2 is 1.87 bits per heavy atom. The number of methoxy groups -OCH3 is 1. The average molecular weight is 430 g/mol. The lowest BCUT2D eigenvalue weighted by Gasteiger charge is -2.34. The second-order valence-corrected chi connectivity index (χ2v) is 10.2. The van der Waals surface area contributed by atoms with E-state index in [9.17, 15) is 13.2 Å². The van der Waals surface area contributed by atoms with Gasteiger partial charge in [-0.1, -0.05) is 49.4 Å². The van der Waals surface area contributed by atoms with Crippen LogP contribution in [0.1, 0.15) is 23.6 Å². The third-order valence-electron chi connectivity index (χ3n) is 6.03. The molecule has 160 valence electrons. The van der Waals surface area contributed by atoms with Crippen LogP contribution in [-0.2, 0) is 34.0 Å². The van der Waals surface area contributed by atoms with Crippen molar-refractivity contribution in [3.8, 4) is 5.75 Å². The van der Waals surface area contributed by atoms with Crippen LogP contribution in [0.2, 0.25) is 0 Å². The minimum atomic E-state index is -3.28. The summed E-state index contributed by atoms with van der Waals surface area (Å²) in [4.78, 5) is 14.2. The zero-order valence-electron chi connectivity index (χ0n) is 17.3. The van der Waals surface area contributed by atoms with Crippen LogP contribution in [-0.4, -0.2) is 50.2 Å². The number of amides is 1. The van der Waals surface area contributed by atoms with Gasteiger partial charge in [-0.2, -0.15) is 0 Å². The van der Waals surface area contributed by atoms with Crippen molar-refractivity contribution in [1.29, 1.82) is 0 Å². The lowest BCUT2D eigenvalue weighted by Crippen LogP contribution is -2.51. The first-order chi connectivity index (χ1) is 14.4. The van der Waals surface area contributed by atoms with Crippen LogP contribution in [0.15, 0.2) is 48.5 Å². The minimum absolute atomic E-state index is 0.0358. The van der Waals surface area contributed by atoms with Crippen molar-refractivity contribution >= 4 is 15.9 Å². The number of rotatable bonds is 6. The number of nitrogens with zero attached hydrogens (tertiary/aromatic N) is 1. The van der Waals surface area contributed by atoms with Crippen LogP contribution >= 0.6 is 0 Å². The van der Waals surface area contributed by atoms with Gasteiger partial charge in [-0.3, -0.25) is 4.90 Å². The van der Waals surface area contributed by atoms with Crippen molar-refractivity contribution in [2.45, 2.75) is 38.5 Å². The van der Waals surface area contributed by atoms with Crippen LogP contribution in [0.25, 0.3) is 0 Å². The standard InChI is InChI=1S/C23H27NO5S/c1-3-18-11-17(9-10-21(18)28-2)12-19-14-30(26,27)15-20-22(19)29-23(25)24(20)13-16-7-5-4-6-8-16/h4-11,19-20,22H,3,12-15H2,1-2H3/t19-,20+,22+/m1/s1. The van der Waals surface area contributed by atoms with Gasteiger partial charge in [0.05, 0.1) is 24.7 Å². The van der Waals surface area contributed by atoms with E-state index in [1.54, 1.807) is 12.0 Å². The summed E-state index contributed by atoms with van der Waals surface area (Å²) in [7, 11) is -1.64. The number of hydrogen-bond donors (Lipinski definition) is 0. The van der Waals surface area contributed by atoms with Gasteiger partial charge in [0.25, 0.3) is 0 Å². The zero-order valence-corrected chi connectivity index (χ0v) is 18.1. The molecule has 2 aromatic carbocycles. The van der Waals surface area contributed by atoms with Crippen LogP contribution in [0.4, 0.5) is 4.79 Å². The molecule has 3 atom stereocenters. The molecule has 2 fully saturated rings. The highest BCUT2D eigenvalue weighted by atomic mass is 32.2. The summed E-state index contributed by atoms with van der Waals surface area (Å²) in [5.41, 5.74) is 3.07. The van der Waals surface area contributed by atoms with Gasteiger partial charge in [-0.05, 0) is 35.6 Å². The molecule has 0 aliphatic carbocycles. The number of fused-ring (bicyclic) bond motifs is 1. The number of carbonyl (C=O) groups excluding carboxylic acids is 1. The second-order valence-electron chi connectivity index (χ2n) is 8.07. The molecule has 2 saturated heterocycles. The van der Waals surface area contributed by atoms with Crippen molar-refractivity contribution in [3.63, 3.8) is 0 Å². The fourth-order valence-corrected chi connectivity index (χ4v) is 6.58. The third kappa shape index (κ3) is 4.17. The quantitative estimate of drug-likeness (QED) is 0.705. The van der Waals surface area contributed by atoms with Crippen molar-refractivity contribution in [2.75, 3.05) is 18.6 Å². The lowest BCUT2D eigenvalue weighted by atomic mass is 9.90. The van der Waals surface area contributed by atoms with Crippen molar-refractivity contribution in [2.24, 2.45) is 5.92 Å². The van der Waals surface area contributed by atoms with E-state index in [2.05, 4.69) is 13.0 Å². The maximum Gasteiger partial charge on any atom is 0.410 e. The summed E-state index contributed by atoms with van der Waals surface area (Å²) in [6.45, 7) is 2.41. The van der Waals surface area contributed by atoms with Crippen molar-refractivity contribution < 1.29 is 22.7 Å². The lowest BCUT2D eigenvalue weighted by molar-refractivity contribution is 0.0970. The normalized spacial score (nSPS) is 24.9. The number of hydrogen-bond acceptors (Lipinski definition) is 5. The number of benzene rings is 2. The fourth-order valence-electron chi connectivity index (χ4n) is 4.59. The predicted octanol–water partition coefficient (Wildman–Crippen LogP) is 3.23. The average Bonchev–Trinajstić information content (AvgIpc) is 3.03. The van der Waals surface area contributed by atoms with E-state index in [0.29, 0.717) is 13.0 Å². The Kier molecular flexibility index (Phi) is 5.73. The van der Waals surface area contributed by atoms with E-state index in [4.69, 9.17) is 9.47 Å². The first-order valence-corrected chi connectivity index (χ1v) is 12.1. The molecule has 2 aliphatic rings. The summed E-state index contributed by atoms with van der Waals surface area (Å²) in [6.07, 6.45) is 0.521. The smallest absolute Gasteiger partial charge is 0.410 e. The maximum atomic E-state index is 12.7. The summed E-state index contributed by atoms with van der Waals surface area (Å²) < 4.78 is 36.5. The number of sulfone groups is 1. The van der Waals surface area contributed by atoms with Gasteiger partial charge in [-0.15, -0.1) is 0 Å². The van der Waals surface area contributed by atoms with Gasteiger partial charge in [-0.25, -0.2) is 13.2 Å². The van der Waals surface area contributed by atoms with E-state index in [-0.39, 0.29) is 17.4 Å². The highest BCUT2D eigenvalue weighted by molar-refractivity contribution is 7.91. The molecule has 0 radical (unpaired) electrons. The molecule has 6 nitrogen and oxygen atoms in total. The van der Waals surface area contributed by atoms with Gasteiger partial charge >= 0.3 is 6.09 Å². The molecular formula is C23H27NO5S. The molecule has 7 heteroatoms. The molecular weight excluding hydrogens is 402 g/mol. The number of carbonyl (C=O) groups is 1. The fraction of sp³-hybridized carbons (Fsp3) is 0.435. The second kappa shape index (κ2) is 8.30. The molecule has 0 bridgehead atoms. The summed E-state index contributed by atoms with van der Waals surface area (Å²) in [5.74, 6) is 0.553. The first-order valence-electron chi connectivity index (χ1n) is 10.3. The highest BCUT2D eigenvalue weighted by Crippen LogP contribution is 2.35. The monoisotopic (exact) mass is 429 g/mol. The van der Waals surface area contributed by atoms with E-state index in [1.807, 2.05) is 42.5 Å². The van der Waals surface area contributed by atoms with Gasteiger partial charge in [0.15, 0.2) is 9.84 Å². The molecule has 0 aromatic heterocycles. The largest absolute Gasteiger partial charge is 0.496 e. The number of ether oxygens (including phenoxy) is 2. The molecule has 2 heterocycles. The van der Waals surface area contributed by atoms with Gasteiger partial charge in [0.2, 0.25) is 0 Å². The molecule has 2 aromatic rings. The Morgan fingerprint density at radius 3 is 2.57 bits per heavy atom. The summed E-state index contributed by atoms with van der Waals surface area (Å²) >= 11 is 0. The molecule has 1 amide bonds. The van der Waals surface area contributed by atoms with E-state index in [0.717, 1.165) is 28.9 Å². The highest BCUT2D eigenvalue weighted by Gasteiger charge is 2.51. The molecule has 0 N–H and O–H groups in total. The maximum absolute atomic E-state index is 12.7. The molecule has 4 rings (SSSR count). The Hall–Kier alpha value is -2.54. The Morgan fingerprint density at radius 1 is 1.10 bits per heavy atom. The molecule has 2 aliphatic heterocycles. The van der Waals surface area contributed by atoms with Gasteiger partial charge < -0.3 is 9.47 Å². The SMILES string of the molecule is CCc1cc(C[C@@H]2CS(=O)(=O)C[C@H]3[C@H]2OC(=O)N3Cc2ccccc2)ccc1OC. The van der Waals surface area contributed by atoms with Gasteiger partial charge in [0.1, 0.15) is 11.9 Å². The topological polar surface area (TPSA) is 72.9 Å². The number of aryl methyl sites for hydroxylation is 1. The van der Waals surface area contributed by atoms with Crippen LogP contribution < -0.4 is 4.74 Å². The molecule has 0 spiro atoms. The Bertz CT molecular complexity index is 1020. The molecule has 30 heavy (non-hydrogen) atoms. The van der Waals surface area contributed by atoms with Gasteiger partial charge in [0, 0.05) is 12.5 Å².